The van der Waals surface area contributed by atoms with Crippen LogP contribution in [0.2, 0.25) is 0 Å². The van der Waals surface area contributed by atoms with Crippen molar-refractivity contribution >= 4 is 5.97 Å². The maximum Gasteiger partial charge on any atom is 0.314 e. The molecule has 3 nitrogen and oxygen atoms in total. The maximum atomic E-state index is 13.8. The van der Waals surface area contributed by atoms with Crippen LogP contribution in [0, 0.1) is 34.8 Å². The zero-order valence-electron chi connectivity index (χ0n) is 17.1. The highest BCUT2D eigenvalue weighted by Gasteiger charge is 2.30. The lowest BCUT2D eigenvalue weighted by atomic mass is 9.74. The number of benzene rings is 2. The highest BCUT2D eigenvalue weighted by atomic mass is 19.1. The summed E-state index contributed by atoms with van der Waals surface area (Å²) in [5.74, 6) is -2.30. The van der Waals surface area contributed by atoms with E-state index in [1.807, 2.05) is 0 Å². The minimum Gasteiger partial charge on any atom is -0.426 e. The molecule has 0 spiro atoms. The van der Waals surface area contributed by atoms with Crippen LogP contribution < -0.4 is 4.74 Å². The van der Waals surface area contributed by atoms with Gasteiger partial charge >= 0.3 is 5.97 Å². The molecule has 0 unspecified atom stereocenters. The van der Waals surface area contributed by atoms with Gasteiger partial charge in [-0.2, -0.15) is 5.26 Å². The van der Waals surface area contributed by atoms with E-state index in [1.165, 1.54) is 47.6 Å². The zero-order valence-corrected chi connectivity index (χ0v) is 17.1. The highest BCUT2D eigenvalue weighted by Crippen LogP contribution is 2.36. The van der Waals surface area contributed by atoms with E-state index in [0.717, 1.165) is 37.3 Å². The van der Waals surface area contributed by atoms with E-state index in [0.29, 0.717) is 12.8 Å². The molecule has 0 heterocycles. The smallest absolute Gasteiger partial charge is 0.314 e. The van der Waals surface area contributed by atoms with Crippen LogP contribution >= 0.6 is 0 Å². The minimum atomic E-state index is -1.03. The number of carbonyl (C=O) groups excluding carboxylic acids is 1. The number of hydrogen-bond acceptors (Lipinski definition) is 3. The SMILES string of the molecule is CCC[C@H]1CCc2c(ccc3c2CC[C@H](C(=O)Oc2cc(F)c(C#N)c(F)c2)C3)C1. The summed E-state index contributed by atoms with van der Waals surface area (Å²) in [5.41, 5.74) is 4.84. The monoisotopic (exact) mass is 409 g/mol. The normalized spacial score (nSPS) is 20.1. The Bertz CT molecular complexity index is 1000. The number of ether oxygens (including phenoxy) is 1. The average Bonchev–Trinajstić information content (AvgIpc) is 2.73. The molecule has 2 aromatic carbocycles. The molecular weight excluding hydrogens is 384 g/mol. The molecule has 2 atom stereocenters. The first-order chi connectivity index (χ1) is 14.5. The molecule has 0 amide bonds. The molecule has 0 saturated carbocycles. The Balaban J connectivity index is 1.47. The Labute approximate surface area is 175 Å². The Morgan fingerprint density at radius 1 is 1.10 bits per heavy atom. The third-order valence-electron chi connectivity index (χ3n) is 6.52. The number of nitrogens with zero attached hydrogens (tertiary/aromatic N) is 1. The van der Waals surface area contributed by atoms with E-state index in [4.69, 9.17) is 10.00 Å². The summed E-state index contributed by atoms with van der Waals surface area (Å²) < 4.78 is 32.8. The van der Waals surface area contributed by atoms with E-state index < -0.39 is 23.2 Å². The fourth-order valence-corrected chi connectivity index (χ4v) is 5.01. The van der Waals surface area contributed by atoms with Crippen LogP contribution in [0.25, 0.3) is 0 Å². The van der Waals surface area contributed by atoms with Crippen molar-refractivity contribution in [3.63, 3.8) is 0 Å². The second-order valence-electron chi connectivity index (χ2n) is 8.47. The number of hydrogen-bond donors (Lipinski definition) is 0. The van der Waals surface area contributed by atoms with Gasteiger partial charge in [0.05, 0.1) is 5.92 Å². The van der Waals surface area contributed by atoms with Crippen molar-refractivity contribution in [2.45, 2.75) is 58.3 Å². The van der Waals surface area contributed by atoms with E-state index >= 15 is 0 Å². The van der Waals surface area contributed by atoms with Gasteiger partial charge in [0, 0.05) is 12.1 Å². The zero-order chi connectivity index (χ0) is 21.3. The quantitative estimate of drug-likeness (QED) is 0.498. The van der Waals surface area contributed by atoms with Crippen molar-refractivity contribution in [1.29, 1.82) is 5.26 Å². The molecule has 0 N–H and O–H groups in total. The third kappa shape index (κ3) is 3.96. The first-order valence-electron chi connectivity index (χ1n) is 10.7. The van der Waals surface area contributed by atoms with E-state index in [2.05, 4.69) is 19.1 Å². The molecule has 0 aliphatic heterocycles. The van der Waals surface area contributed by atoms with Crippen molar-refractivity contribution in [2.24, 2.45) is 11.8 Å². The van der Waals surface area contributed by atoms with E-state index in [1.54, 1.807) is 0 Å². The molecule has 2 aliphatic carbocycles. The standard InChI is InChI=1S/C25H25F2NO2/c1-2-3-15-4-8-20-16(10-15)5-6-17-11-18(7-9-21(17)20)25(29)30-19-12-23(26)22(14-28)24(27)13-19/h5-6,12-13,15,18H,2-4,7-11H2,1H3/t15-,18-/m0/s1. The maximum absolute atomic E-state index is 13.8. The number of rotatable bonds is 4. The van der Waals surface area contributed by atoms with Gasteiger partial charge in [-0.25, -0.2) is 8.78 Å². The Kier molecular flexibility index (Phi) is 5.85. The molecule has 30 heavy (non-hydrogen) atoms. The lowest BCUT2D eigenvalue weighted by molar-refractivity contribution is -0.139. The largest absolute Gasteiger partial charge is 0.426 e. The van der Waals surface area contributed by atoms with Crippen molar-refractivity contribution in [2.75, 3.05) is 0 Å². The van der Waals surface area contributed by atoms with Gasteiger partial charge in [-0.1, -0.05) is 31.9 Å². The summed E-state index contributed by atoms with van der Waals surface area (Å²) in [5, 5.41) is 8.76. The van der Waals surface area contributed by atoms with Gasteiger partial charge in [-0.15, -0.1) is 0 Å². The molecule has 5 heteroatoms. The topological polar surface area (TPSA) is 50.1 Å². The fraction of sp³-hybridized carbons (Fsp3) is 0.440. The lowest BCUT2D eigenvalue weighted by Crippen LogP contribution is -2.28. The first-order valence-corrected chi connectivity index (χ1v) is 10.7. The average molecular weight is 409 g/mol. The van der Waals surface area contributed by atoms with Crippen LogP contribution in [-0.2, 0) is 30.5 Å². The number of nitriles is 1. The van der Waals surface area contributed by atoms with Gasteiger partial charge in [0.2, 0.25) is 0 Å². The van der Waals surface area contributed by atoms with Crippen LogP contribution in [0.1, 0.15) is 60.4 Å². The van der Waals surface area contributed by atoms with Crippen LogP contribution in [-0.4, -0.2) is 5.97 Å². The fourth-order valence-electron chi connectivity index (χ4n) is 5.01. The molecule has 4 rings (SSSR count). The predicted molar refractivity (Wildman–Crippen MR) is 109 cm³/mol. The molecule has 2 aliphatic rings. The lowest BCUT2D eigenvalue weighted by Gasteiger charge is -2.31. The van der Waals surface area contributed by atoms with E-state index in [9.17, 15) is 13.6 Å². The first kappa shape index (κ1) is 20.5. The number of carbonyl (C=O) groups is 1. The molecule has 0 fully saturated rings. The third-order valence-corrected chi connectivity index (χ3v) is 6.52. The van der Waals surface area contributed by atoms with Crippen LogP contribution in [0.4, 0.5) is 8.78 Å². The summed E-state index contributed by atoms with van der Waals surface area (Å²) >= 11 is 0. The second kappa shape index (κ2) is 8.55. The molecule has 2 aromatic rings. The van der Waals surface area contributed by atoms with Gasteiger partial charge in [-0.3, -0.25) is 4.79 Å². The summed E-state index contributed by atoms with van der Waals surface area (Å²) in [7, 11) is 0. The molecule has 0 radical (unpaired) electrons. The van der Waals surface area contributed by atoms with Crippen molar-refractivity contribution in [3.8, 4) is 11.8 Å². The summed E-state index contributed by atoms with van der Waals surface area (Å²) in [6.45, 7) is 2.24. The van der Waals surface area contributed by atoms with Crippen molar-refractivity contribution in [3.05, 3.63) is 63.7 Å². The summed E-state index contributed by atoms with van der Waals surface area (Å²) in [4.78, 5) is 12.6. The van der Waals surface area contributed by atoms with Crippen LogP contribution in [0.5, 0.6) is 5.75 Å². The second-order valence-corrected chi connectivity index (χ2v) is 8.47. The molecule has 0 saturated heterocycles. The van der Waals surface area contributed by atoms with Gasteiger partial charge in [-0.05, 0) is 66.7 Å². The van der Waals surface area contributed by atoms with Gasteiger partial charge in [0.1, 0.15) is 29.0 Å². The van der Waals surface area contributed by atoms with Gasteiger partial charge in [0.25, 0.3) is 0 Å². The molecule has 0 bridgehead atoms. The number of halogens is 2. The van der Waals surface area contributed by atoms with Crippen LogP contribution in [0.15, 0.2) is 24.3 Å². The minimum absolute atomic E-state index is 0.202. The number of esters is 1. The highest BCUT2D eigenvalue weighted by molar-refractivity contribution is 5.76. The van der Waals surface area contributed by atoms with Crippen molar-refractivity contribution in [1.82, 2.24) is 0 Å². The van der Waals surface area contributed by atoms with Gasteiger partial charge in [0.15, 0.2) is 0 Å². The molecular formula is C25H25F2NO2. The van der Waals surface area contributed by atoms with E-state index in [-0.39, 0.29) is 11.7 Å². The Morgan fingerprint density at radius 2 is 1.73 bits per heavy atom. The Morgan fingerprint density at radius 3 is 2.37 bits per heavy atom. The predicted octanol–water partition coefficient (Wildman–Crippen LogP) is 5.45. The summed E-state index contributed by atoms with van der Waals surface area (Å²) in [6, 6.07) is 7.60. The molecule has 0 aromatic heterocycles. The molecule has 156 valence electrons. The Hall–Kier alpha value is -2.74. The van der Waals surface area contributed by atoms with Crippen molar-refractivity contribution < 1.29 is 18.3 Å². The van der Waals surface area contributed by atoms with Crippen LogP contribution in [0.3, 0.4) is 0 Å². The number of fused-ring (bicyclic) bond motifs is 3. The van der Waals surface area contributed by atoms with Gasteiger partial charge < -0.3 is 4.74 Å². The summed E-state index contributed by atoms with van der Waals surface area (Å²) in [6.07, 6.45) is 8.08.